The monoisotopic (exact) mass is 251 g/mol. The molecule has 0 spiro atoms. The van der Waals surface area contributed by atoms with Crippen LogP contribution in [0.25, 0.3) is 0 Å². The molecule has 2 rings (SSSR count). The lowest BCUT2D eigenvalue weighted by molar-refractivity contribution is -0.117. The normalized spacial score (nSPS) is 19.5. The molecule has 17 heavy (non-hydrogen) atoms. The maximum absolute atomic E-state index is 11.8. The third kappa shape index (κ3) is 2.27. The maximum atomic E-state index is 11.8. The number of anilines is 1. The molecule has 90 valence electrons. The number of nitrogens with zero attached hydrogens (tertiary/aromatic N) is 1. The van der Waals surface area contributed by atoms with E-state index in [0.29, 0.717) is 24.2 Å². The number of hydrogen-bond donors (Lipinski definition) is 3. The van der Waals surface area contributed by atoms with Crippen molar-refractivity contribution in [1.29, 1.82) is 0 Å². The molecule has 2 amide bonds. The highest BCUT2D eigenvalue weighted by Crippen LogP contribution is 2.27. The number of nitrogens with two attached hydrogens (primary N) is 1. The summed E-state index contributed by atoms with van der Waals surface area (Å²) in [4.78, 5) is 24.9. The van der Waals surface area contributed by atoms with Gasteiger partial charge in [-0.2, -0.15) is 12.6 Å². The van der Waals surface area contributed by atoms with Crippen LogP contribution in [0, 0.1) is 0 Å². The molecule has 5 nitrogen and oxygen atoms in total. The Kier molecular flexibility index (Phi) is 3.35. The molecule has 0 aromatic heterocycles. The van der Waals surface area contributed by atoms with Crippen LogP contribution in [0.5, 0.6) is 0 Å². The molecule has 1 unspecified atom stereocenters. The molecule has 1 aromatic rings. The van der Waals surface area contributed by atoms with Gasteiger partial charge in [0.25, 0.3) is 5.91 Å². The topological polar surface area (TPSA) is 75.4 Å². The van der Waals surface area contributed by atoms with Gasteiger partial charge in [-0.05, 0) is 12.1 Å². The zero-order chi connectivity index (χ0) is 12.4. The number of amides is 2. The Balaban J connectivity index is 2.38. The zero-order valence-corrected chi connectivity index (χ0v) is 9.98. The molecular formula is C11H13N3O2S. The van der Waals surface area contributed by atoms with Gasteiger partial charge in [0.2, 0.25) is 5.91 Å². The van der Waals surface area contributed by atoms with Crippen molar-refractivity contribution < 1.29 is 9.59 Å². The SMILES string of the molecule is NNC(=O)c1ccccc1N1CC(S)CC1=O. The molecule has 0 bridgehead atoms. The molecule has 0 aliphatic carbocycles. The third-order valence-electron chi connectivity index (χ3n) is 2.68. The third-order valence-corrected chi connectivity index (χ3v) is 3.02. The lowest BCUT2D eigenvalue weighted by Gasteiger charge is -2.19. The molecular weight excluding hydrogens is 238 g/mol. The average Bonchev–Trinajstić information content (AvgIpc) is 2.67. The van der Waals surface area contributed by atoms with E-state index in [4.69, 9.17) is 5.84 Å². The van der Waals surface area contributed by atoms with Crippen molar-refractivity contribution in [2.24, 2.45) is 5.84 Å². The maximum Gasteiger partial charge on any atom is 0.267 e. The Labute approximate surface area is 104 Å². The highest BCUT2D eigenvalue weighted by atomic mass is 32.1. The fourth-order valence-electron chi connectivity index (χ4n) is 1.90. The molecule has 1 atom stereocenters. The summed E-state index contributed by atoms with van der Waals surface area (Å²) in [6.07, 6.45) is 0.391. The molecule has 1 heterocycles. The first kappa shape index (κ1) is 11.9. The number of hydrazine groups is 1. The van der Waals surface area contributed by atoms with Gasteiger partial charge in [0.15, 0.2) is 0 Å². The number of benzene rings is 1. The van der Waals surface area contributed by atoms with Crippen LogP contribution in [0.4, 0.5) is 5.69 Å². The van der Waals surface area contributed by atoms with Gasteiger partial charge < -0.3 is 4.90 Å². The summed E-state index contributed by atoms with van der Waals surface area (Å²) in [5.41, 5.74) is 3.05. The van der Waals surface area contributed by atoms with E-state index in [-0.39, 0.29) is 11.2 Å². The fourth-order valence-corrected chi connectivity index (χ4v) is 2.22. The molecule has 1 aliphatic rings. The molecule has 6 heteroatoms. The van der Waals surface area contributed by atoms with Crippen LogP contribution in [0.15, 0.2) is 24.3 Å². The van der Waals surface area contributed by atoms with Gasteiger partial charge in [0, 0.05) is 18.2 Å². The van der Waals surface area contributed by atoms with E-state index in [1.807, 2.05) is 0 Å². The molecule has 3 N–H and O–H groups in total. The first-order chi connectivity index (χ1) is 8.13. The lowest BCUT2D eigenvalue weighted by Crippen LogP contribution is -2.33. The van der Waals surface area contributed by atoms with Crippen molar-refractivity contribution >= 4 is 30.1 Å². The predicted molar refractivity (Wildman–Crippen MR) is 67.8 cm³/mol. The van der Waals surface area contributed by atoms with Crippen molar-refractivity contribution in [3.05, 3.63) is 29.8 Å². The number of carbonyl (C=O) groups excluding carboxylic acids is 2. The molecule has 1 aromatic carbocycles. The average molecular weight is 251 g/mol. The molecule has 1 fully saturated rings. The number of para-hydroxylation sites is 1. The van der Waals surface area contributed by atoms with Gasteiger partial charge in [-0.25, -0.2) is 5.84 Å². The number of rotatable bonds is 2. The predicted octanol–water partition coefficient (Wildman–Crippen LogP) is 0.325. The van der Waals surface area contributed by atoms with Crippen LogP contribution < -0.4 is 16.2 Å². The summed E-state index contributed by atoms with van der Waals surface area (Å²) >= 11 is 4.28. The molecule has 0 saturated carbocycles. The largest absolute Gasteiger partial charge is 0.310 e. The Morgan fingerprint density at radius 3 is 2.76 bits per heavy atom. The van der Waals surface area contributed by atoms with Crippen LogP contribution in [0.2, 0.25) is 0 Å². The van der Waals surface area contributed by atoms with Crippen LogP contribution in [-0.4, -0.2) is 23.6 Å². The minimum Gasteiger partial charge on any atom is -0.310 e. The van der Waals surface area contributed by atoms with Crippen LogP contribution in [-0.2, 0) is 4.79 Å². The summed E-state index contributed by atoms with van der Waals surface area (Å²) in [6.45, 7) is 0.511. The van der Waals surface area contributed by atoms with Gasteiger partial charge in [-0.1, -0.05) is 12.1 Å². The summed E-state index contributed by atoms with van der Waals surface area (Å²) in [5.74, 6) is 4.68. The number of nitrogen functional groups attached to an aromatic ring is 1. The summed E-state index contributed by atoms with van der Waals surface area (Å²) < 4.78 is 0. The van der Waals surface area contributed by atoms with Gasteiger partial charge in [-0.3, -0.25) is 15.0 Å². The van der Waals surface area contributed by atoms with Crippen molar-refractivity contribution in [2.75, 3.05) is 11.4 Å². The Bertz CT molecular complexity index is 464. The van der Waals surface area contributed by atoms with Crippen molar-refractivity contribution in [3.63, 3.8) is 0 Å². The standard InChI is InChI=1S/C11H13N3O2S/c12-13-11(16)8-3-1-2-4-9(8)14-6-7(17)5-10(14)15/h1-4,7,17H,5-6,12H2,(H,13,16). The molecule has 0 radical (unpaired) electrons. The number of carbonyl (C=O) groups is 2. The second kappa shape index (κ2) is 4.77. The Morgan fingerprint density at radius 1 is 1.47 bits per heavy atom. The second-order valence-electron chi connectivity index (χ2n) is 3.85. The van der Waals surface area contributed by atoms with E-state index in [0.717, 1.165) is 0 Å². The first-order valence-corrected chi connectivity index (χ1v) is 5.73. The Hall–Kier alpha value is -1.53. The van der Waals surface area contributed by atoms with Crippen molar-refractivity contribution in [2.45, 2.75) is 11.7 Å². The first-order valence-electron chi connectivity index (χ1n) is 5.22. The lowest BCUT2D eigenvalue weighted by atomic mass is 10.1. The van der Waals surface area contributed by atoms with Crippen LogP contribution >= 0.6 is 12.6 Å². The summed E-state index contributed by atoms with van der Waals surface area (Å²) in [7, 11) is 0. The van der Waals surface area contributed by atoms with Gasteiger partial charge in [0.05, 0.1) is 11.3 Å². The van der Waals surface area contributed by atoms with Gasteiger partial charge >= 0.3 is 0 Å². The van der Waals surface area contributed by atoms with Gasteiger partial charge in [-0.15, -0.1) is 0 Å². The van der Waals surface area contributed by atoms with Gasteiger partial charge in [0.1, 0.15) is 0 Å². The molecule has 1 saturated heterocycles. The minimum absolute atomic E-state index is 0.0106. The number of nitrogens with one attached hydrogen (secondary N) is 1. The van der Waals surface area contributed by atoms with Crippen molar-refractivity contribution in [1.82, 2.24) is 5.43 Å². The minimum atomic E-state index is -0.406. The van der Waals surface area contributed by atoms with E-state index in [2.05, 4.69) is 18.1 Å². The smallest absolute Gasteiger partial charge is 0.267 e. The number of hydrogen-bond acceptors (Lipinski definition) is 4. The van der Waals surface area contributed by atoms with Crippen LogP contribution in [0.3, 0.4) is 0 Å². The van der Waals surface area contributed by atoms with Crippen LogP contribution in [0.1, 0.15) is 16.8 Å². The van der Waals surface area contributed by atoms with Crippen molar-refractivity contribution in [3.8, 4) is 0 Å². The quantitative estimate of drug-likeness (QED) is 0.307. The number of thiol groups is 1. The van der Waals surface area contributed by atoms with E-state index in [9.17, 15) is 9.59 Å². The Morgan fingerprint density at radius 2 is 2.18 bits per heavy atom. The molecule has 1 aliphatic heterocycles. The summed E-state index contributed by atoms with van der Waals surface area (Å²) in [6, 6.07) is 6.87. The van der Waals surface area contributed by atoms with E-state index < -0.39 is 5.91 Å². The van der Waals surface area contributed by atoms with E-state index in [1.54, 1.807) is 29.2 Å². The van der Waals surface area contributed by atoms with E-state index in [1.165, 1.54) is 0 Å². The van der Waals surface area contributed by atoms with E-state index >= 15 is 0 Å². The zero-order valence-electron chi connectivity index (χ0n) is 9.09. The fraction of sp³-hybridized carbons (Fsp3) is 0.273. The second-order valence-corrected chi connectivity index (χ2v) is 4.58. The highest BCUT2D eigenvalue weighted by Gasteiger charge is 2.30. The highest BCUT2D eigenvalue weighted by molar-refractivity contribution is 7.81. The summed E-state index contributed by atoms with van der Waals surface area (Å²) in [5, 5.41) is 0.0106.